The van der Waals surface area contributed by atoms with Crippen LogP contribution in [0, 0.1) is 0 Å². The summed E-state index contributed by atoms with van der Waals surface area (Å²) in [5.41, 5.74) is 0. The van der Waals surface area contributed by atoms with Crippen LogP contribution in [0.4, 0.5) is 0 Å². The van der Waals surface area contributed by atoms with Gasteiger partial charge in [-0.25, -0.2) is 5.06 Å². The minimum Gasteiger partial charge on any atom is -0.359 e. The van der Waals surface area contributed by atoms with E-state index in [1.807, 2.05) is 0 Å². The second-order valence-electron chi connectivity index (χ2n) is 3.65. The molecular formula is C12H23NO6. The molecule has 7 heteroatoms. The monoisotopic (exact) mass is 277 g/mol. The van der Waals surface area contributed by atoms with E-state index in [1.165, 1.54) is 28.4 Å². The SMILES string of the molecule is C=CC[C@H](OCOC)[C@H](OCOC)C(=O)N(C)OC. The molecule has 0 spiro atoms. The standard InChI is InChI=1S/C12H23NO6/c1-6-7-10(18-8-15-3)11(19-9-16-4)12(14)13(2)17-5/h6,10-11H,1,7-9H2,2-5H3/t10-,11-/m0/s1. The number of carbonyl (C=O) groups excluding carboxylic acids is 1. The first-order chi connectivity index (χ1) is 9.12. The molecule has 0 aliphatic carbocycles. The number of methoxy groups -OCH3 is 2. The summed E-state index contributed by atoms with van der Waals surface area (Å²) in [7, 11) is 5.86. The zero-order chi connectivity index (χ0) is 14.7. The topological polar surface area (TPSA) is 66.5 Å². The van der Waals surface area contributed by atoms with Crippen LogP contribution in [0.1, 0.15) is 6.42 Å². The quantitative estimate of drug-likeness (QED) is 0.312. The Morgan fingerprint density at radius 2 is 1.79 bits per heavy atom. The highest BCUT2D eigenvalue weighted by molar-refractivity contribution is 5.80. The lowest BCUT2D eigenvalue weighted by atomic mass is 10.1. The fourth-order valence-corrected chi connectivity index (χ4v) is 1.35. The number of hydrogen-bond acceptors (Lipinski definition) is 6. The van der Waals surface area contributed by atoms with E-state index in [2.05, 4.69) is 6.58 Å². The predicted molar refractivity (Wildman–Crippen MR) is 68.1 cm³/mol. The number of carbonyl (C=O) groups is 1. The molecule has 0 aliphatic rings. The van der Waals surface area contributed by atoms with Crippen LogP contribution in [0.25, 0.3) is 0 Å². The van der Waals surface area contributed by atoms with Crippen LogP contribution >= 0.6 is 0 Å². The van der Waals surface area contributed by atoms with E-state index < -0.39 is 12.2 Å². The van der Waals surface area contributed by atoms with Crippen molar-refractivity contribution in [1.82, 2.24) is 5.06 Å². The number of hydrogen-bond donors (Lipinski definition) is 0. The molecule has 0 aromatic carbocycles. The first kappa shape index (κ1) is 18.0. The highest BCUT2D eigenvalue weighted by atomic mass is 16.7. The van der Waals surface area contributed by atoms with Crippen LogP contribution in [-0.4, -0.2) is 65.1 Å². The molecule has 7 nitrogen and oxygen atoms in total. The maximum Gasteiger partial charge on any atom is 0.277 e. The van der Waals surface area contributed by atoms with Crippen molar-refractivity contribution in [1.29, 1.82) is 0 Å². The maximum atomic E-state index is 12.1. The normalized spacial score (nSPS) is 13.9. The molecule has 2 atom stereocenters. The van der Waals surface area contributed by atoms with E-state index in [4.69, 9.17) is 23.8 Å². The Hall–Kier alpha value is -0.990. The molecule has 0 rings (SSSR count). The minimum atomic E-state index is -0.863. The second-order valence-corrected chi connectivity index (χ2v) is 3.65. The number of nitrogens with zero attached hydrogens (tertiary/aromatic N) is 1. The Balaban J connectivity index is 4.81. The summed E-state index contributed by atoms with van der Waals surface area (Å²) in [5.74, 6) is -0.373. The number of likely N-dealkylation sites (N-methyl/N-ethyl adjacent to an activating group) is 1. The Morgan fingerprint density at radius 3 is 2.26 bits per heavy atom. The lowest BCUT2D eigenvalue weighted by molar-refractivity contribution is -0.204. The first-order valence-electron chi connectivity index (χ1n) is 5.76. The van der Waals surface area contributed by atoms with Crippen molar-refractivity contribution in [3.8, 4) is 0 Å². The lowest BCUT2D eigenvalue weighted by Gasteiger charge is -2.27. The number of rotatable bonds is 11. The predicted octanol–water partition coefficient (Wildman–Crippen LogP) is 0.560. The van der Waals surface area contributed by atoms with Crippen LogP contribution in [0.15, 0.2) is 12.7 Å². The van der Waals surface area contributed by atoms with E-state index in [1.54, 1.807) is 6.08 Å². The summed E-state index contributed by atoms with van der Waals surface area (Å²) in [6.45, 7) is 3.65. The van der Waals surface area contributed by atoms with Crippen molar-refractivity contribution in [3.63, 3.8) is 0 Å². The van der Waals surface area contributed by atoms with Gasteiger partial charge in [0.25, 0.3) is 5.91 Å². The average Bonchev–Trinajstić information content (AvgIpc) is 2.43. The third-order valence-electron chi connectivity index (χ3n) is 2.33. The fourth-order valence-electron chi connectivity index (χ4n) is 1.35. The van der Waals surface area contributed by atoms with Gasteiger partial charge < -0.3 is 18.9 Å². The van der Waals surface area contributed by atoms with Gasteiger partial charge >= 0.3 is 0 Å². The number of hydroxylamine groups is 2. The van der Waals surface area contributed by atoms with E-state index in [9.17, 15) is 4.79 Å². The Morgan fingerprint density at radius 1 is 1.21 bits per heavy atom. The molecule has 0 aliphatic heterocycles. The Kier molecular flexibility index (Phi) is 10.3. The van der Waals surface area contributed by atoms with E-state index >= 15 is 0 Å². The molecule has 0 aromatic heterocycles. The van der Waals surface area contributed by atoms with Gasteiger partial charge in [0.1, 0.15) is 13.6 Å². The first-order valence-corrected chi connectivity index (χ1v) is 5.76. The number of ether oxygens (including phenoxy) is 4. The summed E-state index contributed by atoms with van der Waals surface area (Å²) < 4.78 is 20.5. The molecule has 0 aromatic rings. The zero-order valence-electron chi connectivity index (χ0n) is 12.0. The molecule has 0 unspecified atom stereocenters. The smallest absolute Gasteiger partial charge is 0.277 e. The van der Waals surface area contributed by atoms with Gasteiger partial charge in [0.05, 0.1) is 13.2 Å². The van der Waals surface area contributed by atoms with Crippen LogP contribution in [0.3, 0.4) is 0 Å². The van der Waals surface area contributed by atoms with Crippen LogP contribution < -0.4 is 0 Å². The van der Waals surface area contributed by atoms with Crippen molar-refractivity contribution in [2.45, 2.75) is 18.6 Å². The van der Waals surface area contributed by atoms with Crippen molar-refractivity contribution in [3.05, 3.63) is 12.7 Å². The van der Waals surface area contributed by atoms with Gasteiger partial charge in [-0.2, -0.15) is 0 Å². The van der Waals surface area contributed by atoms with Crippen LogP contribution in [0.5, 0.6) is 0 Å². The highest BCUT2D eigenvalue weighted by Gasteiger charge is 2.32. The summed E-state index contributed by atoms with van der Waals surface area (Å²) in [4.78, 5) is 17.0. The molecule has 1 amide bonds. The lowest BCUT2D eigenvalue weighted by Crippen LogP contribution is -2.46. The summed E-state index contributed by atoms with van der Waals surface area (Å²) in [6, 6.07) is 0. The van der Waals surface area contributed by atoms with E-state index in [-0.39, 0.29) is 19.5 Å². The van der Waals surface area contributed by atoms with Crippen LogP contribution in [0.2, 0.25) is 0 Å². The van der Waals surface area contributed by atoms with Crippen molar-refractivity contribution in [2.75, 3.05) is 42.0 Å². The van der Waals surface area contributed by atoms with Gasteiger partial charge in [0.2, 0.25) is 0 Å². The third-order valence-corrected chi connectivity index (χ3v) is 2.33. The van der Waals surface area contributed by atoms with Crippen molar-refractivity contribution < 1.29 is 28.6 Å². The van der Waals surface area contributed by atoms with Gasteiger partial charge in [-0.3, -0.25) is 9.63 Å². The largest absolute Gasteiger partial charge is 0.359 e. The molecule has 0 saturated carbocycles. The number of amides is 1. The average molecular weight is 277 g/mol. The molecule has 0 radical (unpaired) electrons. The summed E-state index contributed by atoms with van der Waals surface area (Å²) >= 11 is 0. The zero-order valence-corrected chi connectivity index (χ0v) is 12.0. The van der Waals surface area contributed by atoms with Gasteiger partial charge in [0.15, 0.2) is 6.10 Å². The summed E-state index contributed by atoms with van der Waals surface area (Å²) in [5, 5.41) is 1.08. The molecule has 0 bridgehead atoms. The van der Waals surface area contributed by atoms with Crippen LogP contribution in [-0.2, 0) is 28.6 Å². The molecule has 19 heavy (non-hydrogen) atoms. The molecule has 112 valence electrons. The Labute approximate surface area is 114 Å². The molecule has 0 fully saturated rings. The van der Waals surface area contributed by atoms with Gasteiger partial charge in [-0.15, -0.1) is 6.58 Å². The summed E-state index contributed by atoms with van der Waals surface area (Å²) in [6.07, 6.45) is 0.681. The van der Waals surface area contributed by atoms with Crippen molar-refractivity contribution >= 4 is 5.91 Å². The maximum absolute atomic E-state index is 12.1. The van der Waals surface area contributed by atoms with E-state index in [0.717, 1.165) is 5.06 Å². The molecule has 0 saturated heterocycles. The Bertz CT molecular complexity index is 261. The van der Waals surface area contributed by atoms with Crippen molar-refractivity contribution in [2.24, 2.45) is 0 Å². The minimum absolute atomic E-state index is 0.0298. The second kappa shape index (κ2) is 10.9. The fraction of sp³-hybridized carbons (Fsp3) is 0.750. The van der Waals surface area contributed by atoms with Gasteiger partial charge in [-0.1, -0.05) is 6.08 Å². The molecule has 0 heterocycles. The highest BCUT2D eigenvalue weighted by Crippen LogP contribution is 2.13. The molecular weight excluding hydrogens is 254 g/mol. The van der Waals surface area contributed by atoms with Gasteiger partial charge in [0, 0.05) is 21.3 Å². The van der Waals surface area contributed by atoms with E-state index in [0.29, 0.717) is 6.42 Å². The molecule has 0 N–H and O–H groups in total. The van der Waals surface area contributed by atoms with Gasteiger partial charge in [-0.05, 0) is 6.42 Å². The third kappa shape index (κ3) is 6.65.